The lowest BCUT2D eigenvalue weighted by Gasteiger charge is -2.20. The number of methoxy groups -OCH3 is 1. The van der Waals surface area contributed by atoms with Crippen molar-refractivity contribution in [1.82, 2.24) is 4.57 Å². The molecule has 25 heavy (non-hydrogen) atoms. The number of hydrogen-bond acceptors (Lipinski definition) is 4. The van der Waals surface area contributed by atoms with Crippen LogP contribution in [0.25, 0.3) is 17.0 Å². The fraction of sp³-hybridized carbons (Fsp3) is 0.278. The Balaban J connectivity index is 3.00. The van der Waals surface area contributed by atoms with E-state index in [1.807, 2.05) is 20.8 Å². The van der Waals surface area contributed by atoms with E-state index >= 15 is 0 Å². The summed E-state index contributed by atoms with van der Waals surface area (Å²) in [5.74, 6) is -1.32. The van der Waals surface area contributed by atoms with E-state index in [-0.39, 0.29) is 16.8 Å². The van der Waals surface area contributed by atoms with E-state index in [1.54, 1.807) is 0 Å². The third-order valence-electron chi connectivity index (χ3n) is 3.81. The van der Waals surface area contributed by atoms with Crippen molar-refractivity contribution >= 4 is 35.3 Å². The Morgan fingerprint density at radius 1 is 1.28 bits per heavy atom. The van der Waals surface area contributed by atoms with E-state index in [4.69, 9.17) is 0 Å². The van der Waals surface area contributed by atoms with Crippen LogP contribution in [0.1, 0.15) is 42.4 Å². The smallest absolute Gasteiger partial charge is 0.416 e. The van der Waals surface area contributed by atoms with Gasteiger partial charge in [-0.2, -0.15) is 0 Å². The molecule has 0 atom stereocenters. The van der Waals surface area contributed by atoms with Gasteiger partial charge in [0.25, 0.3) is 0 Å². The number of ether oxygens (including phenoxy) is 1. The number of rotatable bonds is 3. The number of nitrogens with zero attached hydrogens (tertiary/aromatic N) is 1. The van der Waals surface area contributed by atoms with Crippen LogP contribution in [0, 0.1) is 5.82 Å². The van der Waals surface area contributed by atoms with Gasteiger partial charge < -0.3 is 9.84 Å². The van der Waals surface area contributed by atoms with Crippen LogP contribution >= 0.6 is 0 Å². The van der Waals surface area contributed by atoms with Crippen molar-refractivity contribution in [3.63, 3.8) is 0 Å². The normalized spacial score (nSPS) is 11.9. The summed E-state index contributed by atoms with van der Waals surface area (Å²) in [6.45, 7) is 5.49. The molecule has 0 aliphatic carbocycles. The lowest BCUT2D eigenvalue weighted by Crippen LogP contribution is -2.13. The number of aromatic nitrogens is 1. The maximum Gasteiger partial charge on any atom is 0.416 e. The second-order valence-corrected chi connectivity index (χ2v) is 6.49. The van der Waals surface area contributed by atoms with Gasteiger partial charge in [-0.15, -0.1) is 0 Å². The molecule has 2 rings (SSSR count). The summed E-state index contributed by atoms with van der Waals surface area (Å²) in [5, 5.41) is 9.90. The molecule has 7 heteroatoms. The molecule has 132 valence electrons. The van der Waals surface area contributed by atoms with Gasteiger partial charge in [-0.1, -0.05) is 20.8 Å². The number of carboxylic acid groups (broad SMARTS) is 1. The first-order valence-corrected chi connectivity index (χ1v) is 7.44. The number of halogens is 1. The van der Waals surface area contributed by atoms with E-state index in [1.165, 1.54) is 19.3 Å². The largest absolute Gasteiger partial charge is 0.466 e. The lowest BCUT2D eigenvalue weighted by atomic mass is 9.83. The molecule has 0 bridgehead atoms. The molecule has 2 aromatic rings. The van der Waals surface area contributed by atoms with Crippen LogP contribution in [0.15, 0.2) is 18.2 Å². The maximum absolute atomic E-state index is 14.1. The molecule has 1 aromatic heterocycles. The van der Waals surface area contributed by atoms with Crippen LogP contribution < -0.4 is 0 Å². The molecular formula is C18H18FNO5. The number of fused-ring (bicyclic) bond motifs is 1. The predicted octanol–water partition coefficient (Wildman–Crippen LogP) is 3.60. The lowest BCUT2D eigenvalue weighted by molar-refractivity contribution is -0.134. The molecule has 1 N–H and O–H groups in total. The highest BCUT2D eigenvalue weighted by molar-refractivity contribution is 6.08. The molecular weight excluding hydrogens is 329 g/mol. The Hall–Kier alpha value is -2.96. The Morgan fingerprint density at radius 2 is 1.92 bits per heavy atom. The van der Waals surface area contributed by atoms with Crippen molar-refractivity contribution in [2.45, 2.75) is 26.2 Å². The van der Waals surface area contributed by atoms with Crippen LogP contribution in [0.5, 0.6) is 0 Å². The van der Waals surface area contributed by atoms with Crippen molar-refractivity contribution in [3.8, 4) is 0 Å². The number of esters is 1. The predicted molar refractivity (Wildman–Crippen MR) is 90.5 cm³/mol. The van der Waals surface area contributed by atoms with Crippen molar-refractivity contribution in [1.29, 1.82) is 0 Å². The second kappa shape index (κ2) is 6.51. The van der Waals surface area contributed by atoms with Gasteiger partial charge >= 0.3 is 12.1 Å². The van der Waals surface area contributed by atoms with E-state index in [2.05, 4.69) is 4.74 Å². The van der Waals surface area contributed by atoms with E-state index < -0.39 is 23.3 Å². The van der Waals surface area contributed by atoms with Crippen LogP contribution in [0.3, 0.4) is 0 Å². The van der Waals surface area contributed by atoms with Gasteiger partial charge in [0, 0.05) is 17.0 Å². The molecule has 0 spiro atoms. The fourth-order valence-corrected chi connectivity index (χ4v) is 2.73. The topological polar surface area (TPSA) is 85.6 Å². The van der Waals surface area contributed by atoms with Crippen LogP contribution in [0.2, 0.25) is 0 Å². The van der Waals surface area contributed by atoms with Crippen LogP contribution in [0.4, 0.5) is 9.18 Å². The van der Waals surface area contributed by atoms with Gasteiger partial charge in [0.15, 0.2) is 6.29 Å². The third-order valence-corrected chi connectivity index (χ3v) is 3.81. The minimum Gasteiger partial charge on any atom is -0.466 e. The summed E-state index contributed by atoms with van der Waals surface area (Å²) in [6, 6.07) is 2.34. The Bertz CT molecular complexity index is 903. The SMILES string of the molecule is COC(=O)C=Cc1c(C=O)c2c(C(C)(C)C)cc(F)cc2n1C(=O)O. The summed E-state index contributed by atoms with van der Waals surface area (Å²) < 4.78 is 19.4. The first kappa shape index (κ1) is 18.4. The van der Waals surface area contributed by atoms with Crippen molar-refractivity contribution in [2.75, 3.05) is 7.11 Å². The molecule has 6 nitrogen and oxygen atoms in total. The molecule has 0 fully saturated rings. The quantitative estimate of drug-likeness (QED) is 0.521. The summed E-state index contributed by atoms with van der Waals surface area (Å²) in [5.41, 5.74) is 0.0504. The second-order valence-electron chi connectivity index (χ2n) is 6.49. The minimum atomic E-state index is -1.40. The Morgan fingerprint density at radius 3 is 2.40 bits per heavy atom. The van der Waals surface area contributed by atoms with E-state index in [9.17, 15) is 23.9 Å². The standard InChI is InChI=1S/C18H18FNO5/c1-18(2,3)12-7-10(19)8-14-16(12)11(9-21)13(20(14)17(23)24)5-6-15(22)25-4/h5-9H,1-4H3,(H,23,24). The van der Waals surface area contributed by atoms with Gasteiger partial charge in [0.05, 0.1) is 18.3 Å². The summed E-state index contributed by atoms with van der Waals surface area (Å²) in [7, 11) is 1.17. The number of hydrogen-bond donors (Lipinski definition) is 1. The van der Waals surface area contributed by atoms with Gasteiger partial charge in [0.2, 0.25) is 0 Å². The summed E-state index contributed by atoms with van der Waals surface area (Å²) >= 11 is 0. The first-order valence-electron chi connectivity index (χ1n) is 7.44. The fourth-order valence-electron chi connectivity index (χ4n) is 2.73. The van der Waals surface area contributed by atoms with Gasteiger partial charge in [-0.25, -0.2) is 18.5 Å². The van der Waals surface area contributed by atoms with Gasteiger partial charge in [0.1, 0.15) is 5.82 Å². The summed E-state index contributed by atoms with van der Waals surface area (Å²) in [4.78, 5) is 34.8. The highest BCUT2D eigenvalue weighted by Crippen LogP contribution is 2.36. The number of benzene rings is 1. The highest BCUT2D eigenvalue weighted by Gasteiger charge is 2.27. The molecule has 0 unspecified atom stereocenters. The molecule has 1 aromatic carbocycles. The average Bonchev–Trinajstić information content (AvgIpc) is 2.83. The molecule has 1 heterocycles. The zero-order valence-electron chi connectivity index (χ0n) is 14.3. The molecule has 0 saturated carbocycles. The van der Waals surface area contributed by atoms with Gasteiger partial charge in [-0.05, 0) is 29.2 Å². The van der Waals surface area contributed by atoms with Crippen molar-refractivity contribution in [3.05, 3.63) is 40.8 Å². The molecule has 0 aliphatic heterocycles. The average molecular weight is 347 g/mol. The highest BCUT2D eigenvalue weighted by atomic mass is 19.1. The molecule has 0 radical (unpaired) electrons. The van der Waals surface area contributed by atoms with Crippen LogP contribution in [-0.2, 0) is 14.9 Å². The third kappa shape index (κ3) is 3.31. The maximum atomic E-state index is 14.1. The van der Waals surface area contributed by atoms with Crippen molar-refractivity contribution in [2.24, 2.45) is 0 Å². The number of carbonyl (C=O) groups is 3. The zero-order valence-corrected chi connectivity index (χ0v) is 14.3. The molecule has 0 amide bonds. The minimum absolute atomic E-state index is 0.0287. The van der Waals surface area contributed by atoms with Gasteiger partial charge in [-0.3, -0.25) is 4.79 Å². The van der Waals surface area contributed by atoms with Crippen LogP contribution in [-0.4, -0.2) is 35.1 Å². The Kier molecular flexibility index (Phi) is 4.78. The van der Waals surface area contributed by atoms with E-state index in [0.717, 1.165) is 16.7 Å². The number of carbonyl (C=O) groups excluding carboxylic acids is 2. The van der Waals surface area contributed by atoms with E-state index in [0.29, 0.717) is 17.2 Å². The zero-order chi connectivity index (χ0) is 18.9. The molecule has 0 aliphatic rings. The first-order chi connectivity index (χ1) is 11.6. The monoisotopic (exact) mass is 347 g/mol. The van der Waals surface area contributed by atoms with Crippen molar-refractivity contribution < 1.29 is 28.6 Å². The summed E-state index contributed by atoms with van der Waals surface area (Å²) in [6.07, 6.45) is 1.29. The molecule has 0 saturated heterocycles. The Labute approximate surface area is 143 Å². The number of aldehydes is 1.